The average Bonchev–Trinajstić information content (AvgIpc) is 2.88. The van der Waals surface area contributed by atoms with Crippen molar-refractivity contribution in [3.05, 3.63) is 91.9 Å². The number of carbonyl (C=O) groups excluding carboxylic acids is 1. The molecule has 1 aromatic heterocycles. The van der Waals surface area contributed by atoms with E-state index in [9.17, 15) is 22.8 Å². The molecule has 1 atom stereocenters. The van der Waals surface area contributed by atoms with Crippen LogP contribution >= 0.6 is 24.0 Å². The summed E-state index contributed by atoms with van der Waals surface area (Å²) in [6, 6.07) is 11.0. The minimum absolute atomic E-state index is 0. The van der Waals surface area contributed by atoms with Crippen LogP contribution in [-0.2, 0) is 25.7 Å². The lowest BCUT2D eigenvalue weighted by molar-refractivity contribution is -0.137. The van der Waals surface area contributed by atoms with Gasteiger partial charge >= 0.3 is 6.18 Å². The number of amides is 1. The summed E-state index contributed by atoms with van der Waals surface area (Å²) in [5, 5.41) is 3.68. The largest absolute Gasteiger partial charge is 0.416 e. The van der Waals surface area contributed by atoms with Gasteiger partial charge in [-0.1, -0.05) is 29.7 Å². The summed E-state index contributed by atoms with van der Waals surface area (Å²) in [4.78, 5) is 32.8. The van der Waals surface area contributed by atoms with Crippen LogP contribution in [0.25, 0.3) is 0 Å². The third-order valence-corrected chi connectivity index (χ3v) is 6.44. The molecule has 0 unspecified atom stereocenters. The van der Waals surface area contributed by atoms with Crippen molar-refractivity contribution in [3.8, 4) is 11.8 Å². The van der Waals surface area contributed by atoms with Crippen molar-refractivity contribution in [2.75, 3.05) is 11.9 Å². The Bertz CT molecular complexity index is 1430. The van der Waals surface area contributed by atoms with Crippen LogP contribution in [0.2, 0.25) is 5.02 Å². The van der Waals surface area contributed by atoms with E-state index in [0.717, 1.165) is 12.1 Å². The monoisotopic (exact) mass is 564 g/mol. The quantitative estimate of drug-likeness (QED) is 0.402. The van der Waals surface area contributed by atoms with Crippen LogP contribution in [0.4, 0.5) is 19.1 Å². The maximum Gasteiger partial charge on any atom is 0.416 e. The van der Waals surface area contributed by atoms with Crippen molar-refractivity contribution in [3.63, 3.8) is 0 Å². The van der Waals surface area contributed by atoms with E-state index in [4.69, 9.17) is 11.6 Å². The van der Waals surface area contributed by atoms with Crippen LogP contribution in [0.15, 0.2) is 53.3 Å². The minimum atomic E-state index is -4.42. The van der Waals surface area contributed by atoms with Gasteiger partial charge in [-0.25, -0.2) is 4.98 Å². The molecule has 1 aliphatic heterocycles. The maximum absolute atomic E-state index is 13.5. The van der Waals surface area contributed by atoms with Gasteiger partial charge in [0.05, 0.1) is 36.0 Å². The summed E-state index contributed by atoms with van der Waals surface area (Å²) < 4.78 is 40.2. The van der Waals surface area contributed by atoms with Crippen LogP contribution in [0.3, 0.4) is 0 Å². The third kappa shape index (κ3) is 6.32. The molecule has 1 aliphatic rings. The highest BCUT2D eigenvalue weighted by atomic mass is 35.5. The molecule has 1 amide bonds. The van der Waals surface area contributed by atoms with Crippen LogP contribution < -0.4 is 10.9 Å². The van der Waals surface area contributed by atoms with Gasteiger partial charge < -0.3 is 10.2 Å². The van der Waals surface area contributed by atoms with Gasteiger partial charge in [0.2, 0.25) is 5.95 Å². The number of hydrogen-bond acceptors (Lipinski definition) is 4. The van der Waals surface area contributed by atoms with Gasteiger partial charge in [0.15, 0.2) is 0 Å². The van der Waals surface area contributed by atoms with Crippen LogP contribution in [0.5, 0.6) is 0 Å². The number of fused-ring (bicyclic) bond motifs is 1. The van der Waals surface area contributed by atoms with E-state index < -0.39 is 17.8 Å². The number of hydrogen-bond donors (Lipinski definition) is 1. The topological polar surface area (TPSA) is 67.2 Å². The summed E-state index contributed by atoms with van der Waals surface area (Å²) >= 11 is 5.92. The Balaban J connectivity index is 0.00000400. The lowest BCUT2D eigenvalue weighted by Crippen LogP contribution is -2.41. The molecule has 0 radical (unpaired) electrons. The number of nitrogens with one attached hydrogen (secondary N) is 1. The molecule has 38 heavy (non-hydrogen) atoms. The minimum Gasteiger partial charge on any atom is -0.349 e. The van der Waals surface area contributed by atoms with Crippen molar-refractivity contribution in [1.82, 2.24) is 14.5 Å². The highest BCUT2D eigenvalue weighted by Crippen LogP contribution is 2.30. The van der Waals surface area contributed by atoms with Crippen molar-refractivity contribution >= 4 is 35.9 Å². The standard InChI is InChI=1S/C27H24ClF3N4O2.ClH/c1-3-4-14-35-25(37)22-16-34(24(36)19-7-11-21(28)12-8-19)15-13-23(22)33-26(35)32-17(2)18-5-9-20(10-6-18)27(29,30)31;/h5-12,17H,13-16H2,1-2H3,(H,32,33);1H/t17-;/m0./s1. The van der Waals surface area contributed by atoms with Gasteiger partial charge in [-0.15, -0.1) is 18.3 Å². The molecule has 0 bridgehead atoms. The molecule has 200 valence electrons. The first-order chi connectivity index (χ1) is 17.6. The molecule has 0 fully saturated rings. The van der Waals surface area contributed by atoms with Crippen LogP contribution in [0, 0.1) is 11.8 Å². The zero-order chi connectivity index (χ0) is 26.7. The van der Waals surface area contributed by atoms with Gasteiger partial charge in [-0.05, 0) is 55.8 Å². The summed E-state index contributed by atoms with van der Waals surface area (Å²) in [5.41, 5.74) is 1.02. The number of nitrogens with zero attached hydrogens (tertiary/aromatic N) is 3. The SMILES string of the molecule is CC#CCn1c(N[C@@H](C)c2ccc(C(F)(F)F)cc2)nc2c(c1=O)CN(C(=O)c1ccc(Cl)cc1)CC2.Cl. The molecule has 2 aromatic carbocycles. The number of alkyl halides is 3. The number of rotatable bonds is 5. The Morgan fingerprint density at radius 2 is 1.82 bits per heavy atom. The fourth-order valence-electron chi connectivity index (χ4n) is 4.12. The van der Waals surface area contributed by atoms with Crippen molar-refractivity contribution in [2.24, 2.45) is 0 Å². The van der Waals surface area contributed by atoms with E-state index in [2.05, 4.69) is 22.1 Å². The van der Waals surface area contributed by atoms with Gasteiger partial charge in [-0.2, -0.15) is 13.2 Å². The van der Waals surface area contributed by atoms with E-state index in [-0.39, 0.29) is 42.9 Å². The number of carbonyl (C=O) groups is 1. The van der Waals surface area contributed by atoms with Gasteiger partial charge in [0, 0.05) is 23.6 Å². The molecule has 0 aliphatic carbocycles. The predicted molar refractivity (Wildman–Crippen MR) is 143 cm³/mol. The van der Waals surface area contributed by atoms with E-state index in [1.165, 1.54) is 16.7 Å². The lowest BCUT2D eigenvalue weighted by Gasteiger charge is -2.29. The molecular weight excluding hydrogens is 540 g/mol. The first-order valence-corrected chi connectivity index (χ1v) is 12.0. The number of anilines is 1. The zero-order valence-electron chi connectivity index (χ0n) is 20.6. The molecule has 3 aromatic rings. The molecule has 4 rings (SSSR count). The van der Waals surface area contributed by atoms with E-state index in [1.54, 1.807) is 43.0 Å². The molecule has 11 heteroatoms. The summed E-state index contributed by atoms with van der Waals surface area (Å²) in [7, 11) is 0. The Labute approximate surface area is 229 Å². The maximum atomic E-state index is 13.5. The second kappa shape index (κ2) is 11.9. The third-order valence-electron chi connectivity index (χ3n) is 6.19. The highest BCUT2D eigenvalue weighted by Gasteiger charge is 2.30. The smallest absolute Gasteiger partial charge is 0.349 e. The van der Waals surface area contributed by atoms with Crippen molar-refractivity contribution < 1.29 is 18.0 Å². The number of aromatic nitrogens is 2. The summed E-state index contributed by atoms with van der Waals surface area (Å²) in [6.45, 7) is 3.99. The van der Waals surface area contributed by atoms with E-state index >= 15 is 0 Å². The van der Waals surface area contributed by atoms with Gasteiger partial charge in [-0.3, -0.25) is 14.2 Å². The number of benzene rings is 2. The molecule has 0 spiro atoms. The normalized spacial score (nSPS) is 13.5. The van der Waals surface area contributed by atoms with Gasteiger partial charge in [0.25, 0.3) is 11.5 Å². The zero-order valence-corrected chi connectivity index (χ0v) is 22.2. The second-order valence-electron chi connectivity index (χ2n) is 8.65. The molecule has 6 nitrogen and oxygen atoms in total. The fraction of sp³-hybridized carbons (Fsp3) is 0.296. The highest BCUT2D eigenvalue weighted by molar-refractivity contribution is 6.30. The second-order valence-corrected chi connectivity index (χ2v) is 9.08. The summed E-state index contributed by atoms with van der Waals surface area (Å²) in [5.74, 6) is 5.70. The Morgan fingerprint density at radius 1 is 1.16 bits per heavy atom. The molecule has 1 N–H and O–H groups in total. The van der Waals surface area contributed by atoms with E-state index in [0.29, 0.717) is 40.4 Å². The Hall–Kier alpha value is -3.48. The lowest BCUT2D eigenvalue weighted by atomic mass is 10.0. The summed E-state index contributed by atoms with van der Waals surface area (Å²) in [6.07, 6.45) is -4.04. The average molecular weight is 565 g/mol. The Morgan fingerprint density at radius 3 is 2.42 bits per heavy atom. The molecule has 2 heterocycles. The first kappa shape index (κ1) is 29.1. The molecule has 0 saturated heterocycles. The van der Waals surface area contributed by atoms with Crippen LogP contribution in [0.1, 0.15) is 52.6 Å². The van der Waals surface area contributed by atoms with Crippen LogP contribution in [-0.4, -0.2) is 26.9 Å². The Kier molecular flexibility index (Phi) is 9.13. The van der Waals surface area contributed by atoms with Gasteiger partial charge in [0.1, 0.15) is 0 Å². The molecular formula is C27H25Cl2F3N4O2. The van der Waals surface area contributed by atoms with E-state index in [1.807, 2.05) is 0 Å². The van der Waals surface area contributed by atoms with Crippen molar-refractivity contribution in [1.29, 1.82) is 0 Å². The number of halogens is 5. The first-order valence-electron chi connectivity index (χ1n) is 11.6. The fourth-order valence-corrected chi connectivity index (χ4v) is 4.24. The van der Waals surface area contributed by atoms with Crippen molar-refractivity contribution in [2.45, 2.75) is 45.6 Å². The molecule has 0 saturated carbocycles. The predicted octanol–water partition coefficient (Wildman–Crippen LogP) is 5.73.